The maximum atomic E-state index is 12.5. The predicted octanol–water partition coefficient (Wildman–Crippen LogP) is 4.96. The Hall–Kier alpha value is -2.04. The molecule has 0 saturated carbocycles. The summed E-state index contributed by atoms with van der Waals surface area (Å²) < 4.78 is 5.80. The number of carbonyl (C=O) groups excluding carboxylic acids is 1. The highest BCUT2D eigenvalue weighted by Crippen LogP contribution is 2.22. The standard InChI is InChI=1S/C23H31ClN2O2/c1-5-26(6-2)15-16-28-21-12-10-20(11-13-21)25(4)23(27)14-9-19-8-7-18(3)17-22(19)24/h7-8,10-13,17H,5-6,9,14-16H2,1-4H3. The van der Waals surface area contributed by atoms with Gasteiger partial charge >= 0.3 is 0 Å². The molecule has 0 fully saturated rings. The second-order valence-corrected chi connectivity index (χ2v) is 7.32. The summed E-state index contributed by atoms with van der Waals surface area (Å²) >= 11 is 6.26. The molecule has 0 unspecified atom stereocenters. The molecule has 0 heterocycles. The second-order valence-electron chi connectivity index (χ2n) is 6.92. The van der Waals surface area contributed by atoms with Crippen molar-refractivity contribution in [3.05, 3.63) is 58.6 Å². The van der Waals surface area contributed by atoms with Crippen molar-refractivity contribution in [1.82, 2.24) is 4.90 Å². The van der Waals surface area contributed by atoms with Crippen molar-refractivity contribution in [2.75, 3.05) is 38.2 Å². The number of rotatable bonds is 10. The van der Waals surface area contributed by atoms with E-state index < -0.39 is 0 Å². The first kappa shape index (κ1) is 22.3. The van der Waals surface area contributed by atoms with E-state index in [0.717, 1.165) is 47.2 Å². The third-order valence-corrected chi connectivity index (χ3v) is 5.34. The zero-order valence-electron chi connectivity index (χ0n) is 17.4. The normalized spacial score (nSPS) is 10.9. The predicted molar refractivity (Wildman–Crippen MR) is 118 cm³/mol. The van der Waals surface area contributed by atoms with Gasteiger partial charge in [0.2, 0.25) is 5.91 Å². The van der Waals surface area contributed by atoms with Gasteiger partial charge in [-0.05, 0) is 67.9 Å². The number of benzene rings is 2. The maximum absolute atomic E-state index is 12.5. The van der Waals surface area contributed by atoms with Crippen LogP contribution < -0.4 is 9.64 Å². The summed E-state index contributed by atoms with van der Waals surface area (Å²) in [6.07, 6.45) is 1.05. The van der Waals surface area contributed by atoms with Gasteiger partial charge in [-0.15, -0.1) is 0 Å². The molecule has 0 N–H and O–H groups in total. The van der Waals surface area contributed by atoms with Crippen LogP contribution in [0.15, 0.2) is 42.5 Å². The summed E-state index contributed by atoms with van der Waals surface area (Å²) in [6.45, 7) is 9.93. The van der Waals surface area contributed by atoms with Crippen molar-refractivity contribution in [3.8, 4) is 5.75 Å². The van der Waals surface area contributed by atoms with Crippen LogP contribution in [0.2, 0.25) is 5.02 Å². The van der Waals surface area contributed by atoms with Gasteiger partial charge in [-0.2, -0.15) is 0 Å². The highest BCUT2D eigenvalue weighted by Gasteiger charge is 2.12. The number of hydrogen-bond acceptors (Lipinski definition) is 3. The molecule has 0 aliphatic rings. The SMILES string of the molecule is CCN(CC)CCOc1ccc(N(C)C(=O)CCc2ccc(C)cc2Cl)cc1. The average molecular weight is 403 g/mol. The van der Waals surface area contributed by atoms with Crippen LogP contribution in [0.3, 0.4) is 0 Å². The minimum atomic E-state index is 0.0619. The number of likely N-dealkylation sites (N-methyl/N-ethyl adjacent to an activating group) is 1. The first-order chi connectivity index (χ1) is 13.4. The number of amides is 1. The first-order valence-electron chi connectivity index (χ1n) is 9.91. The topological polar surface area (TPSA) is 32.8 Å². The summed E-state index contributed by atoms with van der Waals surface area (Å²) in [5.74, 6) is 0.884. The van der Waals surface area contributed by atoms with Crippen LogP contribution in [-0.4, -0.2) is 44.1 Å². The maximum Gasteiger partial charge on any atom is 0.227 e. The van der Waals surface area contributed by atoms with Gasteiger partial charge in [0.1, 0.15) is 12.4 Å². The fourth-order valence-electron chi connectivity index (χ4n) is 3.01. The van der Waals surface area contributed by atoms with Crippen molar-refractivity contribution in [3.63, 3.8) is 0 Å². The van der Waals surface area contributed by atoms with Crippen molar-refractivity contribution in [2.24, 2.45) is 0 Å². The molecule has 2 aromatic rings. The Bertz CT molecular complexity index is 758. The van der Waals surface area contributed by atoms with Gasteiger partial charge < -0.3 is 14.5 Å². The summed E-state index contributed by atoms with van der Waals surface area (Å²) in [4.78, 5) is 16.5. The van der Waals surface area contributed by atoms with E-state index in [1.807, 2.05) is 49.4 Å². The van der Waals surface area contributed by atoms with E-state index in [1.165, 1.54) is 0 Å². The number of aryl methyl sites for hydroxylation is 2. The summed E-state index contributed by atoms with van der Waals surface area (Å²) in [6, 6.07) is 13.6. The van der Waals surface area contributed by atoms with Crippen LogP contribution in [0, 0.1) is 6.92 Å². The van der Waals surface area contributed by atoms with Crippen molar-refractivity contribution >= 4 is 23.2 Å². The monoisotopic (exact) mass is 402 g/mol. The number of ether oxygens (including phenoxy) is 1. The molecule has 2 rings (SSSR count). The number of anilines is 1. The van der Waals surface area contributed by atoms with Crippen LogP contribution in [0.5, 0.6) is 5.75 Å². The number of hydrogen-bond donors (Lipinski definition) is 0. The van der Waals surface area contributed by atoms with Crippen molar-refractivity contribution < 1.29 is 9.53 Å². The summed E-state index contributed by atoms with van der Waals surface area (Å²) in [5.41, 5.74) is 2.98. The molecule has 5 heteroatoms. The van der Waals surface area contributed by atoms with Gasteiger partial charge in [0, 0.05) is 30.7 Å². The van der Waals surface area contributed by atoms with Gasteiger partial charge in [-0.25, -0.2) is 0 Å². The molecule has 0 atom stereocenters. The minimum Gasteiger partial charge on any atom is -0.492 e. The Kier molecular flexibility index (Phi) is 8.81. The lowest BCUT2D eigenvalue weighted by Crippen LogP contribution is -2.28. The number of nitrogens with zero attached hydrogens (tertiary/aromatic N) is 2. The molecule has 0 aromatic heterocycles. The molecule has 0 saturated heterocycles. The van der Waals surface area contributed by atoms with Crippen LogP contribution in [0.1, 0.15) is 31.4 Å². The van der Waals surface area contributed by atoms with Crippen LogP contribution >= 0.6 is 11.6 Å². The molecule has 2 aromatic carbocycles. The summed E-state index contributed by atoms with van der Waals surface area (Å²) in [7, 11) is 1.80. The highest BCUT2D eigenvalue weighted by molar-refractivity contribution is 6.31. The van der Waals surface area contributed by atoms with Crippen LogP contribution in [0.4, 0.5) is 5.69 Å². The molecule has 0 radical (unpaired) electrons. The quantitative estimate of drug-likeness (QED) is 0.562. The Morgan fingerprint density at radius 1 is 1.07 bits per heavy atom. The fraction of sp³-hybridized carbons (Fsp3) is 0.435. The van der Waals surface area contributed by atoms with E-state index in [2.05, 4.69) is 18.7 Å². The number of carbonyl (C=O) groups is 1. The van der Waals surface area contributed by atoms with E-state index in [9.17, 15) is 4.79 Å². The molecular weight excluding hydrogens is 372 g/mol. The molecule has 0 aliphatic carbocycles. The van der Waals surface area contributed by atoms with Gasteiger partial charge in [0.15, 0.2) is 0 Å². The molecule has 0 aliphatic heterocycles. The largest absolute Gasteiger partial charge is 0.492 e. The molecule has 1 amide bonds. The van der Waals surface area contributed by atoms with E-state index >= 15 is 0 Å². The van der Waals surface area contributed by atoms with Crippen molar-refractivity contribution in [2.45, 2.75) is 33.6 Å². The first-order valence-corrected chi connectivity index (χ1v) is 10.3. The second kappa shape index (κ2) is 11.1. The van der Waals surface area contributed by atoms with E-state index in [1.54, 1.807) is 11.9 Å². The highest BCUT2D eigenvalue weighted by atomic mass is 35.5. The molecular formula is C23H31ClN2O2. The molecule has 28 heavy (non-hydrogen) atoms. The van der Waals surface area contributed by atoms with E-state index in [-0.39, 0.29) is 5.91 Å². The van der Waals surface area contributed by atoms with Gasteiger partial charge in [0.25, 0.3) is 0 Å². The molecule has 4 nitrogen and oxygen atoms in total. The third kappa shape index (κ3) is 6.54. The molecule has 0 bridgehead atoms. The van der Waals surface area contributed by atoms with Gasteiger partial charge in [0.05, 0.1) is 0 Å². The Labute approximate surface area is 174 Å². The van der Waals surface area contributed by atoms with Crippen molar-refractivity contribution in [1.29, 1.82) is 0 Å². The lowest BCUT2D eigenvalue weighted by molar-refractivity contribution is -0.118. The zero-order valence-corrected chi connectivity index (χ0v) is 18.1. The fourth-order valence-corrected chi connectivity index (χ4v) is 3.34. The van der Waals surface area contributed by atoms with Crippen LogP contribution in [-0.2, 0) is 11.2 Å². The van der Waals surface area contributed by atoms with Crippen LogP contribution in [0.25, 0.3) is 0 Å². The summed E-state index contributed by atoms with van der Waals surface area (Å²) in [5, 5.41) is 0.724. The molecule has 0 spiro atoms. The lowest BCUT2D eigenvalue weighted by Gasteiger charge is -2.19. The Morgan fingerprint density at radius 2 is 1.75 bits per heavy atom. The van der Waals surface area contributed by atoms with Gasteiger partial charge in [-0.3, -0.25) is 4.79 Å². The smallest absolute Gasteiger partial charge is 0.227 e. The average Bonchev–Trinajstić information content (AvgIpc) is 2.70. The minimum absolute atomic E-state index is 0.0619. The Balaban J connectivity index is 1.85. The third-order valence-electron chi connectivity index (χ3n) is 4.99. The lowest BCUT2D eigenvalue weighted by atomic mass is 10.1. The number of halogens is 1. The van der Waals surface area contributed by atoms with Gasteiger partial charge in [-0.1, -0.05) is 37.6 Å². The van der Waals surface area contributed by atoms with E-state index in [0.29, 0.717) is 19.4 Å². The van der Waals surface area contributed by atoms with E-state index in [4.69, 9.17) is 16.3 Å². The Morgan fingerprint density at radius 3 is 2.36 bits per heavy atom. The molecule has 152 valence electrons. The zero-order chi connectivity index (χ0) is 20.5.